The van der Waals surface area contributed by atoms with Crippen molar-refractivity contribution in [2.75, 3.05) is 12.4 Å². The lowest BCUT2D eigenvalue weighted by atomic mass is 10.0. The highest BCUT2D eigenvalue weighted by Gasteiger charge is 2.06. The van der Waals surface area contributed by atoms with Gasteiger partial charge < -0.3 is 10.1 Å². The number of aryl methyl sites for hydroxylation is 1. The summed E-state index contributed by atoms with van der Waals surface area (Å²) in [6.45, 7) is 2.90. The first-order chi connectivity index (χ1) is 11.3. The number of methoxy groups -OCH3 is 1. The van der Waals surface area contributed by atoms with Crippen molar-refractivity contribution in [1.82, 2.24) is 0 Å². The molecular weight excluding hydrogens is 282 g/mol. The Morgan fingerprint density at radius 1 is 1.00 bits per heavy atom. The minimum Gasteiger partial charge on any atom is -0.497 e. The minimum atomic E-state index is 0.793. The molecule has 0 bridgehead atoms. The summed E-state index contributed by atoms with van der Waals surface area (Å²) >= 11 is 0. The maximum absolute atomic E-state index is 5.32. The lowest BCUT2D eigenvalue weighted by Crippen LogP contribution is -2.01. The molecule has 0 aliphatic carbocycles. The number of nitrogens with one attached hydrogen (secondary N) is 1. The first kappa shape index (κ1) is 15.2. The molecular formula is C21H20NO. The van der Waals surface area contributed by atoms with Gasteiger partial charge in [0.05, 0.1) is 7.11 Å². The predicted molar refractivity (Wildman–Crippen MR) is 95.8 cm³/mol. The summed E-state index contributed by atoms with van der Waals surface area (Å²) in [5.41, 5.74) is 5.78. The largest absolute Gasteiger partial charge is 0.497 e. The smallest absolute Gasteiger partial charge is 0.119 e. The normalized spacial score (nSPS) is 10.3. The van der Waals surface area contributed by atoms with Crippen LogP contribution >= 0.6 is 0 Å². The predicted octanol–water partition coefficient (Wildman–Crippen LogP) is 5.08. The molecule has 3 rings (SSSR count). The van der Waals surface area contributed by atoms with E-state index in [0.29, 0.717) is 0 Å². The molecule has 3 aromatic carbocycles. The second-order valence-corrected chi connectivity index (χ2v) is 5.53. The standard InChI is InChI=1S/C21H20NO/c1-16-10-12-17(13-11-16)15-22-21-9-4-3-8-20(21)18-6-5-7-19(14-18)23-2/h3-5,7-14,22H,15H2,1-2H3. The Bertz CT molecular complexity index is 778. The second-order valence-electron chi connectivity index (χ2n) is 5.53. The van der Waals surface area contributed by atoms with Crippen LogP contribution in [0.5, 0.6) is 5.75 Å². The Labute approximate surface area is 137 Å². The van der Waals surface area contributed by atoms with Gasteiger partial charge in [-0.3, -0.25) is 0 Å². The molecule has 0 aliphatic heterocycles. The maximum atomic E-state index is 5.32. The van der Waals surface area contributed by atoms with E-state index in [2.05, 4.69) is 54.7 Å². The van der Waals surface area contributed by atoms with Crippen LogP contribution in [-0.4, -0.2) is 7.11 Å². The molecule has 1 N–H and O–H groups in total. The van der Waals surface area contributed by atoms with Crippen LogP contribution in [-0.2, 0) is 6.54 Å². The highest BCUT2D eigenvalue weighted by Crippen LogP contribution is 2.30. The number of benzene rings is 3. The Morgan fingerprint density at radius 2 is 1.78 bits per heavy atom. The fraction of sp³-hybridized carbons (Fsp3) is 0.143. The zero-order valence-corrected chi connectivity index (χ0v) is 13.5. The zero-order chi connectivity index (χ0) is 16.1. The van der Waals surface area contributed by atoms with E-state index in [1.807, 2.05) is 30.3 Å². The first-order valence-electron chi connectivity index (χ1n) is 7.71. The lowest BCUT2D eigenvalue weighted by molar-refractivity contribution is 0.415. The monoisotopic (exact) mass is 302 g/mol. The molecule has 0 spiro atoms. The van der Waals surface area contributed by atoms with E-state index in [0.717, 1.165) is 29.1 Å². The van der Waals surface area contributed by atoms with E-state index < -0.39 is 0 Å². The fourth-order valence-corrected chi connectivity index (χ4v) is 2.50. The number of hydrogen-bond donors (Lipinski definition) is 1. The summed E-state index contributed by atoms with van der Waals surface area (Å²) in [6, 6.07) is 26.0. The van der Waals surface area contributed by atoms with E-state index in [-0.39, 0.29) is 0 Å². The number of anilines is 1. The van der Waals surface area contributed by atoms with Crippen molar-refractivity contribution >= 4 is 5.69 Å². The van der Waals surface area contributed by atoms with Crippen molar-refractivity contribution in [2.24, 2.45) is 0 Å². The van der Waals surface area contributed by atoms with Crippen LogP contribution in [0.4, 0.5) is 5.69 Å². The third kappa shape index (κ3) is 3.72. The lowest BCUT2D eigenvalue weighted by Gasteiger charge is -2.13. The molecule has 0 unspecified atom stereocenters. The van der Waals surface area contributed by atoms with Gasteiger partial charge in [-0.1, -0.05) is 54.1 Å². The SMILES string of the molecule is COc1cc[c]c(-c2ccccc2NCc2ccc(C)cc2)c1. The highest BCUT2D eigenvalue weighted by atomic mass is 16.5. The van der Waals surface area contributed by atoms with E-state index in [1.54, 1.807) is 7.11 Å². The van der Waals surface area contributed by atoms with Gasteiger partial charge >= 0.3 is 0 Å². The number of hydrogen-bond acceptors (Lipinski definition) is 2. The fourth-order valence-electron chi connectivity index (χ4n) is 2.50. The average Bonchev–Trinajstić information content (AvgIpc) is 2.61. The van der Waals surface area contributed by atoms with Crippen LogP contribution in [0, 0.1) is 13.0 Å². The molecule has 1 radical (unpaired) electrons. The molecule has 3 aromatic rings. The van der Waals surface area contributed by atoms with Gasteiger partial charge in [0.1, 0.15) is 5.75 Å². The zero-order valence-electron chi connectivity index (χ0n) is 13.5. The van der Waals surface area contributed by atoms with Gasteiger partial charge in [-0.2, -0.15) is 0 Å². The van der Waals surface area contributed by atoms with Crippen molar-refractivity contribution in [1.29, 1.82) is 0 Å². The van der Waals surface area contributed by atoms with Gasteiger partial charge in [-0.15, -0.1) is 0 Å². The van der Waals surface area contributed by atoms with Crippen molar-refractivity contribution < 1.29 is 4.74 Å². The third-order valence-corrected chi connectivity index (χ3v) is 3.83. The molecule has 0 saturated heterocycles. The van der Waals surface area contributed by atoms with Crippen LogP contribution in [0.1, 0.15) is 11.1 Å². The summed E-state index contributed by atoms with van der Waals surface area (Å²) in [7, 11) is 1.68. The number of rotatable bonds is 5. The average molecular weight is 302 g/mol. The molecule has 2 nitrogen and oxygen atoms in total. The summed E-state index contributed by atoms with van der Waals surface area (Å²) in [4.78, 5) is 0. The summed E-state index contributed by atoms with van der Waals surface area (Å²) in [5.74, 6) is 0.840. The molecule has 23 heavy (non-hydrogen) atoms. The van der Waals surface area contributed by atoms with Gasteiger partial charge in [0, 0.05) is 17.8 Å². The van der Waals surface area contributed by atoms with E-state index in [9.17, 15) is 0 Å². The Hall–Kier alpha value is -2.74. The second kappa shape index (κ2) is 7.01. The first-order valence-corrected chi connectivity index (χ1v) is 7.71. The van der Waals surface area contributed by atoms with E-state index >= 15 is 0 Å². The summed E-state index contributed by atoms with van der Waals surface area (Å²) in [6.07, 6.45) is 0. The highest BCUT2D eigenvalue weighted by molar-refractivity contribution is 5.78. The Kier molecular flexibility index (Phi) is 4.62. The summed E-state index contributed by atoms with van der Waals surface area (Å²) in [5, 5.41) is 3.52. The van der Waals surface area contributed by atoms with Gasteiger partial charge in [0.15, 0.2) is 0 Å². The van der Waals surface area contributed by atoms with Crippen LogP contribution in [0.3, 0.4) is 0 Å². The summed E-state index contributed by atoms with van der Waals surface area (Å²) < 4.78 is 5.32. The van der Waals surface area contributed by atoms with Crippen molar-refractivity contribution in [3.05, 3.63) is 83.9 Å². The van der Waals surface area contributed by atoms with E-state index in [4.69, 9.17) is 4.74 Å². The molecule has 2 heteroatoms. The van der Waals surface area contributed by atoms with Crippen molar-refractivity contribution in [2.45, 2.75) is 13.5 Å². The van der Waals surface area contributed by atoms with Crippen LogP contribution in [0.15, 0.2) is 66.7 Å². The van der Waals surface area contributed by atoms with Gasteiger partial charge in [0.2, 0.25) is 0 Å². The van der Waals surface area contributed by atoms with Gasteiger partial charge in [0.25, 0.3) is 0 Å². The molecule has 0 atom stereocenters. The van der Waals surface area contributed by atoms with Crippen molar-refractivity contribution in [3.63, 3.8) is 0 Å². The molecule has 0 heterocycles. The quantitative estimate of drug-likeness (QED) is 0.709. The molecule has 0 aliphatic rings. The Balaban J connectivity index is 1.84. The topological polar surface area (TPSA) is 21.3 Å². The molecule has 0 fully saturated rings. The molecule has 0 amide bonds. The van der Waals surface area contributed by atoms with Gasteiger partial charge in [-0.25, -0.2) is 0 Å². The Morgan fingerprint density at radius 3 is 2.57 bits per heavy atom. The van der Waals surface area contributed by atoms with Crippen LogP contribution < -0.4 is 10.1 Å². The number of para-hydroxylation sites is 1. The molecule has 0 aromatic heterocycles. The van der Waals surface area contributed by atoms with E-state index in [1.165, 1.54) is 11.1 Å². The minimum absolute atomic E-state index is 0.793. The van der Waals surface area contributed by atoms with Crippen molar-refractivity contribution in [3.8, 4) is 16.9 Å². The third-order valence-electron chi connectivity index (χ3n) is 3.83. The molecule has 115 valence electrons. The van der Waals surface area contributed by atoms with Crippen LogP contribution in [0.2, 0.25) is 0 Å². The van der Waals surface area contributed by atoms with Crippen LogP contribution in [0.25, 0.3) is 11.1 Å². The number of ether oxygens (including phenoxy) is 1. The van der Waals surface area contributed by atoms with Gasteiger partial charge in [-0.05, 0) is 42.3 Å². The maximum Gasteiger partial charge on any atom is 0.119 e. The molecule has 0 saturated carbocycles.